The second kappa shape index (κ2) is 5.58. The third kappa shape index (κ3) is 2.42. The van der Waals surface area contributed by atoms with E-state index >= 15 is 0 Å². The minimum absolute atomic E-state index is 0.0818. The first-order valence-electron chi connectivity index (χ1n) is 9.51. The molecule has 148 valence electrons. The number of benzene rings is 1. The van der Waals surface area contributed by atoms with Gasteiger partial charge in [-0.05, 0) is 42.7 Å². The number of hydrogen-bond acceptors (Lipinski definition) is 5. The van der Waals surface area contributed by atoms with Gasteiger partial charge in [0.05, 0.1) is 52.4 Å². The van der Waals surface area contributed by atoms with E-state index in [0.29, 0.717) is 16.4 Å². The lowest BCUT2D eigenvalue weighted by Crippen LogP contribution is -2.40. The van der Waals surface area contributed by atoms with Crippen LogP contribution in [-0.2, 0) is 26.6 Å². The van der Waals surface area contributed by atoms with Crippen molar-refractivity contribution >= 4 is 44.1 Å². The molecule has 1 amide bonds. The molecule has 1 spiro atoms. The zero-order valence-electron chi connectivity index (χ0n) is 15.4. The van der Waals surface area contributed by atoms with Crippen LogP contribution in [0.15, 0.2) is 36.7 Å². The highest BCUT2D eigenvalue weighted by Crippen LogP contribution is 2.57. The maximum atomic E-state index is 13.2. The van der Waals surface area contributed by atoms with Crippen LogP contribution in [0, 0.1) is 0 Å². The summed E-state index contributed by atoms with van der Waals surface area (Å²) in [5.41, 5.74) is 3.00. The van der Waals surface area contributed by atoms with Gasteiger partial charge in [0.1, 0.15) is 5.82 Å². The van der Waals surface area contributed by atoms with E-state index in [0.717, 1.165) is 29.6 Å². The number of imidazole rings is 1. The summed E-state index contributed by atoms with van der Waals surface area (Å²) in [4.78, 5) is 23.9. The van der Waals surface area contributed by atoms with Crippen LogP contribution in [0.1, 0.15) is 30.3 Å². The molecule has 3 aliphatic rings. The molecule has 1 aliphatic carbocycles. The summed E-state index contributed by atoms with van der Waals surface area (Å²) in [5, 5.41) is 0.568. The Balaban J connectivity index is 1.46. The van der Waals surface area contributed by atoms with Crippen LogP contribution in [0.4, 0.5) is 5.69 Å². The molecule has 4 heterocycles. The fourth-order valence-electron chi connectivity index (χ4n) is 4.72. The summed E-state index contributed by atoms with van der Waals surface area (Å²) in [6, 6.07) is 7.17. The fourth-order valence-corrected chi connectivity index (χ4v) is 6.26. The lowest BCUT2D eigenvalue weighted by molar-refractivity contribution is -0.120. The minimum Gasteiger partial charge on any atom is -0.321 e. The predicted octanol–water partition coefficient (Wildman–Crippen LogP) is 2.63. The van der Waals surface area contributed by atoms with Crippen molar-refractivity contribution in [3.8, 4) is 0 Å². The number of aromatic nitrogens is 3. The number of carbonyl (C=O) groups is 1. The first-order chi connectivity index (χ1) is 13.9. The van der Waals surface area contributed by atoms with Crippen LogP contribution in [0.5, 0.6) is 0 Å². The molecule has 9 heteroatoms. The molecule has 0 unspecified atom stereocenters. The number of anilines is 1. The monoisotopic (exact) mass is 428 g/mol. The van der Waals surface area contributed by atoms with E-state index in [1.54, 1.807) is 29.4 Å². The number of halogens is 1. The summed E-state index contributed by atoms with van der Waals surface area (Å²) in [7, 11) is -3.01. The highest BCUT2D eigenvalue weighted by atomic mass is 35.5. The maximum absolute atomic E-state index is 13.2. The number of nitrogens with zero attached hydrogens (tertiary/aromatic N) is 4. The molecular formula is C20H17ClN4O3S. The second-order valence-corrected chi connectivity index (χ2v) is 10.7. The van der Waals surface area contributed by atoms with Gasteiger partial charge in [0.25, 0.3) is 0 Å². The SMILES string of the molecule is O=C1N(Cc2nc3cc(Cl)ccc3n2C2CS(=O)(=O)C2)c2cnccc2C12CC2. The van der Waals surface area contributed by atoms with Gasteiger partial charge in [-0.25, -0.2) is 13.4 Å². The van der Waals surface area contributed by atoms with Gasteiger partial charge in [-0.2, -0.15) is 0 Å². The normalized spacial score (nSPS) is 21.6. The van der Waals surface area contributed by atoms with E-state index < -0.39 is 15.3 Å². The van der Waals surface area contributed by atoms with Crippen LogP contribution in [0.2, 0.25) is 5.02 Å². The van der Waals surface area contributed by atoms with Gasteiger partial charge >= 0.3 is 0 Å². The van der Waals surface area contributed by atoms with Crippen molar-refractivity contribution in [2.75, 3.05) is 16.4 Å². The summed E-state index contributed by atoms with van der Waals surface area (Å²) in [5.74, 6) is 0.926. The van der Waals surface area contributed by atoms with Gasteiger partial charge in [0.2, 0.25) is 5.91 Å². The largest absolute Gasteiger partial charge is 0.321 e. The number of carbonyl (C=O) groups excluding carboxylic acids is 1. The molecule has 0 atom stereocenters. The van der Waals surface area contributed by atoms with E-state index in [4.69, 9.17) is 16.6 Å². The number of rotatable bonds is 3. The van der Waals surface area contributed by atoms with Crippen LogP contribution in [-0.4, -0.2) is 40.4 Å². The van der Waals surface area contributed by atoms with Crippen LogP contribution in [0.25, 0.3) is 11.0 Å². The molecule has 0 bridgehead atoms. The smallest absolute Gasteiger partial charge is 0.238 e. The van der Waals surface area contributed by atoms with E-state index in [1.807, 2.05) is 16.7 Å². The Hall–Kier alpha value is -2.45. The van der Waals surface area contributed by atoms with Crippen molar-refractivity contribution in [1.82, 2.24) is 14.5 Å². The number of fused-ring (bicyclic) bond motifs is 3. The van der Waals surface area contributed by atoms with Crippen LogP contribution < -0.4 is 4.90 Å². The molecule has 2 fully saturated rings. The number of pyridine rings is 1. The Morgan fingerprint density at radius 2 is 2.00 bits per heavy atom. The number of sulfone groups is 1. The van der Waals surface area contributed by atoms with Gasteiger partial charge in [0.15, 0.2) is 9.84 Å². The molecule has 6 rings (SSSR count). The second-order valence-electron chi connectivity index (χ2n) is 8.13. The Kier molecular flexibility index (Phi) is 3.35. The summed E-state index contributed by atoms with van der Waals surface area (Å²) in [6.07, 6.45) is 5.17. The topological polar surface area (TPSA) is 85.2 Å². The van der Waals surface area contributed by atoms with Gasteiger partial charge < -0.3 is 9.47 Å². The van der Waals surface area contributed by atoms with E-state index in [9.17, 15) is 13.2 Å². The molecule has 0 N–H and O–H groups in total. The van der Waals surface area contributed by atoms with Gasteiger partial charge in [-0.3, -0.25) is 9.78 Å². The first kappa shape index (κ1) is 17.4. The fraction of sp³-hybridized carbons (Fsp3) is 0.350. The van der Waals surface area contributed by atoms with Crippen molar-refractivity contribution < 1.29 is 13.2 Å². The Morgan fingerprint density at radius 3 is 2.72 bits per heavy atom. The van der Waals surface area contributed by atoms with Gasteiger partial charge in [0, 0.05) is 11.2 Å². The Morgan fingerprint density at radius 1 is 1.21 bits per heavy atom. The lowest BCUT2D eigenvalue weighted by Gasteiger charge is -2.30. The highest BCUT2D eigenvalue weighted by molar-refractivity contribution is 7.92. The maximum Gasteiger partial charge on any atom is 0.238 e. The predicted molar refractivity (Wildman–Crippen MR) is 109 cm³/mol. The quantitative estimate of drug-likeness (QED) is 0.640. The highest BCUT2D eigenvalue weighted by Gasteiger charge is 2.59. The summed E-state index contributed by atoms with van der Waals surface area (Å²) >= 11 is 6.14. The van der Waals surface area contributed by atoms with Crippen molar-refractivity contribution in [3.05, 3.63) is 53.1 Å². The Bertz CT molecular complexity index is 1300. The third-order valence-electron chi connectivity index (χ3n) is 6.29. The van der Waals surface area contributed by atoms with Crippen LogP contribution >= 0.6 is 11.6 Å². The Labute approximate surface area is 172 Å². The van der Waals surface area contributed by atoms with Crippen molar-refractivity contribution in [2.24, 2.45) is 0 Å². The molecule has 7 nitrogen and oxygen atoms in total. The van der Waals surface area contributed by atoms with Crippen LogP contribution in [0.3, 0.4) is 0 Å². The number of amides is 1. The van der Waals surface area contributed by atoms with E-state index in [2.05, 4.69) is 4.98 Å². The van der Waals surface area contributed by atoms with E-state index in [-0.39, 0.29) is 30.0 Å². The molecule has 0 radical (unpaired) electrons. The van der Waals surface area contributed by atoms with Crippen molar-refractivity contribution in [1.29, 1.82) is 0 Å². The average molecular weight is 429 g/mol. The molecule has 1 aromatic carbocycles. The third-order valence-corrected chi connectivity index (χ3v) is 8.31. The first-order valence-corrected chi connectivity index (χ1v) is 11.7. The molecule has 29 heavy (non-hydrogen) atoms. The molecule has 1 saturated heterocycles. The summed E-state index contributed by atoms with van der Waals surface area (Å²) in [6.45, 7) is 0.280. The van der Waals surface area contributed by atoms with E-state index in [1.165, 1.54) is 0 Å². The zero-order valence-corrected chi connectivity index (χ0v) is 16.9. The number of hydrogen-bond donors (Lipinski definition) is 0. The summed E-state index contributed by atoms with van der Waals surface area (Å²) < 4.78 is 25.6. The van der Waals surface area contributed by atoms with Gasteiger partial charge in [-0.15, -0.1) is 0 Å². The zero-order chi connectivity index (χ0) is 20.0. The molecule has 3 aromatic rings. The molecule has 2 aliphatic heterocycles. The molecule has 1 saturated carbocycles. The van der Waals surface area contributed by atoms with Crippen molar-refractivity contribution in [3.63, 3.8) is 0 Å². The standard InChI is InChI=1S/C20H17ClN4O3S/c21-12-1-2-16-15(7-12)23-18(25(16)13-10-29(27,28)11-13)9-24-17-8-22-6-3-14(17)20(4-5-20)19(24)26/h1-3,6-8,13H,4-5,9-11H2. The molecular weight excluding hydrogens is 412 g/mol. The minimum atomic E-state index is -3.01. The van der Waals surface area contributed by atoms with Crippen molar-refractivity contribution in [2.45, 2.75) is 30.8 Å². The molecule has 2 aromatic heterocycles. The lowest BCUT2D eigenvalue weighted by atomic mass is 9.99. The van der Waals surface area contributed by atoms with Gasteiger partial charge in [-0.1, -0.05) is 11.6 Å². The average Bonchev–Trinajstić information content (AvgIpc) is 3.35.